The standard InChI is InChI=1S/C11H22O2/c1-4-6-8-10(7-5-2)11(12)9-13-3/h10H,4-9H2,1-3H3. The summed E-state index contributed by atoms with van der Waals surface area (Å²) in [6.45, 7) is 4.57. The fraction of sp³-hybridized carbons (Fsp3) is 0.909. The Bertz CT molecular complexity index is 132. The molecule has 0 spiro atoms. The van der Waals surface area contributed by atoms with E-state index in [4.69, 9.17) is 4.74 Å². The maximum atomic E-state index is 11.5. The molecule has 0 aliphatic rings. The normalized spacial score (nSPS) is 12.8. The Morgan fingerprint density at radius 1 is 1.23 bits per heavy atom. The third-order valence-electron chi connectivity index (χ3n) is 2.29. The molecule has 2 nitrogen and oxygen atoms in total. The monoisotopic (exact) mass is 186 g/mol. The molecule has 1 unspecified atom stereocenters. The number of Topliss-reactive ketones (excluding diaryl/α,β-unsaturated/α-hetero) is 1. The number of unbranched alkanes of at least 4 members (excludes halogenated alkanes) is 1. The number of hydrogen-bond donors (Lipinski definition) is 0. The van der Waals surface area contributed by atoms with Gasteiger partial charge in [0.15, 0.2) is 5.78 Å². The number of carbonyl (C=O) groups is 1. The second kappa shape index (κ2) is 8.24. The molecule has 0 aromatic rings. The lowest BCUT2D eigenvalue weighted by Crippen LogP contribution is -2.19. The van der Waals surface area contributed by atoms with E-state index in [-0.39, 0.29) is 18.3 Å². The average molecular weight is 186 g/mol. The largest absolute Gasteiger partial charge is 0.377 e. The summed E-state index contributed by atoms with van der Waals surface area (Å²) >= 11 is 0. The van der Waals surface area contributed by atoms with E-state index < -0.39 is 0 Å². The molecule has 0 N–H and O–H groups in total. The van der Waals surface area contributed by atoms with Gasteiger partial charge in [0.1, 0.15) is 6.61 Å². The first kappa shape index (κ1) is 12.6. The minimum absolute atomic E-state index is 0.241. The van der Waals surface area contributed by atoms with Crippen molar-refractivity contribution in [3.8, 4) is 0 Å². The van der Waals surface area contributed by atoms with Crippen molar-refractivity contribution in [2.75, 3.05) is 13.7 Å². The van der Waals surface area contributed by atoms with Crippen molar-refractivity contribution >= 4 is 5.78 Å². The van der Waals surface area contributed by atoms with Crippen LogP contribution in [-0.4, -0.2) is 19.5 Å². The predicted molar refractivity (Wildman–Crippen MR) is 54.8 cm³/mol. The number of carbonyl (C=O) groups excluding carboxylic acids is 1. The molecule has 78 valence electrons. The Labute approximate surface area is 81.7 Å². The Balaban J connectivity index is 3.83. The zero-order chi connectivity index (χ0) is 10.1. The molecule has 0 heterocycles. The highest BCUT2D eigenvalue weighted by atomic mass is 16.5. The lowest BCUT2D eigenvalue weighted by Gasteiger charge is -2.13. The van der Waals surface area contributed by atoms with Gasteiger partial charge in [-0.1, -0.05) is 33.1 Å². The van der Waals surface area contributed by atoms with Crippen LogP contribution in [-0.2, 0) is 9.53 Å². The predicted octanol–water partition coefficient (Wildman–Crippen LogP) is 2.81. The number of methoxy groups -OCH3 is 1. The van der Waals surface area contributed by atoms with Gasteiger partial charge in [0, 0.05) is 13.0 Å². The second-order valence-corrected chi connectivity index (χ2v) is 3.53. The van der Waals surface area contributed by atoms with E-state index >= 15 is 0 Å². The molecule has 0 amide bonds. The summed E-state index contributed by atoms with van der Waals surface area (Å²) < 4.78 is 4.86. The van der Waals surface area contributed by atoms with Crippen molar-refractivity contribution in [2.45, 2.75) is 46.0 Å². The summed E-state index contributed by atoms with van der Waals surface area (Å²) in [5.41, 5.74) is 0. The molecule has 0 saturated heterocycles. The molecule has 0 aromatic heterocycles. The molecule has 0 radical (unpaired) electrons. The van der Waals surface area contributed by atoms with Gasteiger partial charge in [-0.05, 0) is 12.8 Å². The van der Waals surface area contributed by atoms with Crippen molar-refractivity contribution in [2.24, 2.45) is 5.92 Å². The number of rotatable bonds is 8. The van der Waals surface area contributed by atoms with Crippen molar-refractivity contribution in [1.82, 2.24) is 0 Å². The van der Waals surface area contributed by atoms with Crippen LogP contribution in [0.2, 0.25) is 0 Å². The average Bonchev–Trinajstić information content (AvgIpc) is 2.12. The van der Waals surface area contributed by atoms with E-state index in [9.17, 15) is 4.79 Å². The summed E-state index contributed by atoms with van der Waals surface area (Å²) in [6.07, 6.45) is 5.46. The van der Waals surface area contributed by atoms with Crippen LogP contribution in [0.15, 0.2) is 0 Å². The second-order valence-electron chi connectivity index (χ2n) is 3.53. The Morgan fingerprint density at radius 2 is 1.92 bits per heavy atom. The molecule has 2 heteroatoms. The van der Waals surface area contributed by atoms with Crippen molar-refractivity contribution in [3.63, 3.8) is 0 Å². The smallest absolute Gasteiger partial charge is 0.161 e. The van der Waals surface area contributed by atoms with Crippen molar-refractivity contribution in [3.05, 3.63) is 0 Å². The minimum Gasteiger partial charge on any atom is -0.377 e. The van der Waals surface area contributed by atoms with E-state index in [0.717, 1.165) is 25.7 Å². The summed E-state index contributed by atoms with van der Waals surface area (Å²) in [5, 5.41) is 0. The quantitative estimate of drug-likeness (QED) is 0.582. The summed E-state index contributed by atoms with van der Waals surface area (Å²) in [5.74, 6) is 0.516. The topological polar surface area (TPSA) is 26.3 Å². The number of ether oxygens (including phenoxy) is 1. The maximum absolute atomic E-state index is 11.5. The van der Waals surface area contributed by atoms with Crippen LogP contribution in [0.1, 0.15) is 46.0 Å². The minimum atomic E-state index is 0.241. The molecule has 0 aliphatic heterocycles. The van der Waals surface area contributed by atoms with Crippen LogP contribution in [0.5, 0.6) is 0 Å². The van der Waals surface area contributed by atoms with Gasteiger partial charge in [-0.15, -0.1) is 0 Å². The van der Waals surface area contributed by atoms with E-state index in [2.05, 4.69) is 13.8 Å². The molecule has 13 heavy (non-hydrogen) atoms. The fourth-order valence-corrected chi connectivity index (χ4v) is 1.53. The van der Waals surface area contributed by atoms with Crippen LogP contribution in [0.4, 0.5) is 0 Å². The Morgan fingerprint density at radius 3 is 2.38 bits per heavy atom. The van der Waals surface area contributed by atoms with Gasteiger partial charge >= 0.3 is 0 Å². The first-order valence-corrected chi connectivity index (χ1v) is 5.27. The van der Waals surface area contributed by atoms with Gasteiger partial charge in [0.05, 0.1) is 0 Å². The molecular formula is C11H22O2. The Kier molecular flexibility index (Phi) is 8.00. The van der Waals surface area contributed by atoms with Crippen LogP contribution < -0.4 is 0 Å². The van der Waals surface area contributed by atoms with Crippen molar-refractivity contribution < 1.29 is 9.53 Å². The molecule has 1 atom stereocenters. The van der Waals surface area contributed by atoms with Crippen LogP contribution in [0.3, 0.4) is 0 Å². The van der Waals surface area contributed by atoms with Crippen LogP contribution in [0.25, 0.3) is 0 Å². The van der Waals surface area contributed by atoms with Gasteiger partial charge in [-0.25, -0.2) is 0 Å². The Hall–Kier alpha value is -0.370. The highest BCUT2D eigenvalue weighted by Gasteiger charge is 2.15. The van der Waals surface area contributed by atoms with Gasteiger partial charge < -0.3 is 4.74 Å². The third kappa shape index (κ3) is 5.81. The third-order valence-corrected chi connectivity index (χ3v) is 2.29. The lowest BCUT2D eigenvalue weighted by atomic mass is 9.93. The molecular weight excluding hydrogens is 164 g/mol. The summed E-state index contributed by atoms with van der Waals surface area (Å²) in [6, 6.07) is 0. The van der Waals surface area contributed by atoms with Crippen LogP contribution in [0, 0.1) is 5.92 Å². The van der Waals surface area contributed by atoms with E-state index in [1.807, 2.05) is 0 Å². The SMILES string of the molecule is CCCCC(CCC)C(=O)COC. The lowest BCUT2D eigenvalue weighted by molar-refractivity contribution is -0.127. The van der Waals surface area contributed by atoms with Gasteiger partial charge in [0.25, 0.3) is 0 Å². The molecule has 0 fully saturated rings. The summed E-state index contributed by atoms with van der Waals surface area (Å²) in [4.78, 5) is 11.5. The van der Waals surface area contributed by atoms with Gasteiger partial charge in [-0.2, -0.15) is 0 Å². The molecule has 0 aliphatic carbocycles. The van der Waals surface area contributed by atoms with Gasteiger partial charge in [0.2, 0.25) is 0 Å². The zero-order valence-corrected chi connectivity index (χ0v) is 9.14. The van der Waals surface area contributed by atoms with E-state index in [0.29, 0.717) is 0 Å². The molecule has 0 rings (SSSR count). The number of hydrogen-bond acceptors (Lipinski definition) is 2. The first-order valence-electron chi connectivity index (χ1n) is 5.27. The fourth-order valence-electron chi connectivity index (χ4n) is 1.53. The van der Waals surface area contributed by atoms with Gasteiger partial charge in [-0.3, -0.25) is 4.79 Å². The van der Waals surface area contributed by atoms with E-state index in [1.165, 1.54) is 6.42 Å². The zero-order valence-electron chi connectivity index (χ0n) is 9.14. The number of ketones is 1. The maximum Gasteiger partial charge on any atom is 0.161 e. The van der Waals surface area contributed by atoms with Crippen molar-refractivity contribution in [1.29, 1.82) is 0 Å². The molecule has 0 bridgehead atoms. The van der Waals surface area contributed by atoms with E-state index in [1.54, 1.807) is 7.11 Å². The van der Waals surface area contributed by atoms with Crippen LogP contribution >= 0.6 is 0 Å². The highest BCUT2D eigenvalue weighted by Crippen LogP contribution is 2.15. The molecule has 0 saturated carbocycles. The summed E-state index contributed by atoms with van der Waals surface area (Å²) in [7, 11) is 1.58. The molecule has 0 aromatic carbocycles. The first-order chi connectivity index (χ1) is 6.26. The highest BCUT2D eigenvalue weighted by molar-refractivity contribution is 5.82.